The van der Waals surface area contributed by atoms with Crippen molar-refractivity contribution in [3.63, 3.8) is 0 Å². The highest BCUT2D eigenvalue weighted by Crippen LogP contribution is 2.18. The number of hydrogen-bond donors (Lipinski definition) is 1. The lowest BCUT2D eigenvalue weighted by Gasteiger charge is -2.29. The van der Waals surface area contributed by atoms with Crippen LogP contribution in [0.15, 0.2) is 4.79 Å². The Hall–Kier alpha value is -1.72. The number of amides is 1. The summed E-state index contributed by atoms with van der Waals surface area (Å²) in [7, 11) is 0. The van der Waals surface area contributed by atoms with E-state index >= 15 is 0 Å². The van der Waals surface area contributed by atoms with Crippen molar-refractivity contribution >= 4 is 6.09 Å². The van der Waals surface area contributed by atoms with Gasteiger partial charge in [0.1, 0.15) is 5.60 Å². The van der Waals surface area contributed by atoms with Gasteiger partial charge in [-0.2, -0.15) is 0 Å². The number of aromatic nitrogens is 2. The predicted molar refractivity (Wildman–Crippen MR) is 75.8 cm³/mol. The second-order valence-electron chi connectivity index (χ2n) is 6.49. The van der Waals surface area contributed by atoms with Gasteiger partial charge in [-0.1, -0.05) is 0 Å². The second kappa shape index (κ2) is 5.00. The van der Waals surface area contributed by atoms with Crippen LogP contribution in [-0.4, -0.2) is 32.9 Å². The van der Waals surface area contributed by atoms with E-state index < -0.39 is 5.60 Å². The van der Waals surface area contributed by atoms with Crippen molar-refractivity contribution in [2.45, 2.75) is 59.2 Å². The smallest absolute Gasteiger partial charge is 0.410 e. The lowest BCUT2D eigenvalue weighted by Crippen LogP contribution is -2.41. The predicted octanol–water partition coefficient (Wildman–Crippen LogP) is 2.05. The highest BCUT2D eigenvalue weighted by Gasteiger charge is 2.29. The average molecular weight is 281 g/mol. The third-order valence-corrected chi connectivity index (χ3v) is 3.25. The Morgan fingerprint density at radius 2 is 2.00 bits per heavy atom. The fraction of sp³-hybridized carbons (Fsp3) is 0.714. The Kier molecular flexibility index (Phi) is 3.67. The van der Waals surface area contributed by atoms with Gasteiger partial charge in [-0.25, -0.2) is 4.79 Å². The number of rotatable bonds is 1. The van der Waals surface area contributed by atoms with Crippen LogP contribution in [0.3, 0.4) is 0 Å². The number of fused-ring (bicyclic) bond motifs is 1. The van der Waals surface area contributed by atoms with E-state index in [4.69, 9.17) is 4.74 Å². The Labute approximate surface area is 118 Å². The van der Waals surface area contributed by atoms with Crippen molar-refractivity contribution in [1.29, 1.82) is 0 Å². The maximum absolute atomic E-state index is 12.3. The van der Waals surface area contributed by atoms with Crippen molar-refractivity contribution in [2.75, 3.05) is 6.54 Å². The highest BCUT2D eigenvalue weighted by molar-refractivity contribution is 5.68. The van der Waals surface area contributed by atoms with Gasteiger partial charge in [0.2, 0.25) is 0 Å². The number of H-pyrrole nitrogens is 1. The maximum Gasteiger partial charge on any atom is 0.410 e. The molecule has 0 radical (unpaired) electrons. The molecule has 1 aromatic heterocycles. The van der Waals surface area contributed by atoms with Gasteiger partial charge in [-0.15, -0.1) is 0 Å². The number of aromatic amines is 1. The van der Waals surface area contributed by atoms with E-state index in [-0.39, 0.29) is 17.7 Å². The molecule has 2 rings (SSSR count). The van der Waals surface area contributed by atoms with E-state index in [1.165, 1.54) is 0 Å². The lowest BCUT2D eigenvalue weighted by atomic mass is 10.1. The summed E-state index contributed by atoms with van der Waals surface area (Å²) in [6, 6.07) is 0.0862. The van der Waals surface area contributed by atoms with Crippen LogP contribution >= 0.6 is 0 Å². The van der Waals surface area contributed by atoms with Gasteiger partial charge in [-0.05, 0) is 34.6 Å². The number of carbonyl (C=O) groups excluding carboxylic acids is 1. The normalized spacial score (nSPS) is 15.4. The number of nitrogens with zero attached hydrogens (tertiary/aromatic N) is 2. The summed E-state index contributed by atoms with van der Waals surface area (Å²) in [5.74, 6) is 0. The van der Waals surface area contributed by atoms with Gasteiger partial charge in [0.15, 0.2) is 0 Å². The lowest BCUT2D eigenvalue weighted by molar-refractivity contribution is 0.0223. The van der Waals surface area contributed by atoms with Gasteiger partial charge < -0.3 is 9.64 Å². The second-order valence-corrected chi connectivity index (χ2v) is 6.49. The minimum atomic E-state index is -0.520. The molecular formula is C14H23N3O3. The zero-order chi connectivity index (χ0) is 15.1. The summed E-state index contributed by atoms with van der Waals surface area (Å²) < 4.78 is 6.97. The molecule has 0 spiro atoms. The molecule has 0 unspecified atom stereocenters. The topological polar surface area (TPSA) is 67.3 Å². The van der Waals surface area contributed by atoms with Gasteiger partial charge in [0, 0.05) is 24.7 Å². The number of ether oxygens (including phenoxy) is 1. The Morgan fingerprint density at radius 1 is 1.35 bits per heavy atom. The summed E-state index contributed by atoms with van der Waals surface area (Å²) in [6.07, 6.45) is 0.295. The van der Waals surface area contributed by atoms with Crippen LogP contribution in [0, 0.1) is 0 Å². The Bertz CT molecular complexity index is 563. The maximum atomic E-state index is 12.3. The van der Waals surface area contributed by atoms with E-state index in [0.29, 0.717) is 25.1 Å². The molecule has 1 amide bonds. The minimum Gasteiger partial charge on any atom is -0.444 e. The summed E-state index contributed by atoms with van der Waals surface area (Å²) in [5.41, 5.74) is 1.05. The van der Waals surface area contributed by atoms with E-state index in [1.807, 2.05) is 34.6 Å². The largest absolute Gasteiger partial charge is 0.444 e. The molecule has 2 heterocycles. The zero-order valence-electron chi connectivity index (χ0n) is 12.8. The molecule has 1 aromatic rings. The summed E-state index contributed by atoms with van der Waals surface area (Å²) in [5, 5.41) is 3.13. The number of nitrogens with one attached hydrogen (secondary N) is 1. The fourth-order valence-corrected chi connectivity index (χ4v) is 2.27. The van der Waals surface area contributed by atoms with Gasteiger partial charge in [0.25, 0.3) is 5.56 Å². The molecule has 1 N–H and O–H groups in total. The average Bonchev–Trinajstić information content (AvgIpc) is 2.64. The van der Waals surface area contributed by atoms with Gasteiger partial charge in [-0.3, -0.25) is 14.6 Å². The Balaban J connectivity index is 2.19. The standard InChI is InChI=1S/C14H23N3O3/c1-9(2)17-12(18)10-8-16(7-6-11(10)15-17)13(19)20-14(3,4)5/h9,15H,6-8H2,1-5H3. The monoisotopic (exact) mass is 281 g/mol. The molecule has 0 saturated heterocycles. The van der Waals surface area contributed by atoms with Crippen LogP contribution in [0.2, 0.25) is 0 Å². The first-order valence-corrected chi connectivity index (χ1v) is 6.99. The van der Waals surface area contributed by atoms with Crippen LogP contribution in [0.5, 0.6) is 0 Å². The quantitative estimate of drug-likeness (QED) is 0.856. The molecule has 6 nitrogen and oxygen atoms in total. The zero-order valence-corrected chi connectivity index (χ0v) is 12.8. The van der Waals surface area contributed by atoms with Crippen molar-refractivity contribution in [3.05, 3.63) is 21.6 Å². The first kappa shape index (κ1) is 14.7. The van der Waals surface area contributed by atoms with E-state index in [1.54, 1.807) is 9.58 Å². The van der Waals surface area contributed by atoms with E-state index in [0.717, 1.165) is 5.69 Å². The first-order chi connectivity index (χ1) is 9.19. The van der Waals surface area contributed by atoms with E-state index in [9.17, 15) is 9.59 Å². The molecule has 0 saturated carbocycles. The molecule has 6 heteroatoms. The molecule has 0 aliphatic carbocycles. The summed E-state index contributed by atoms with van der Waals surface area (Å²) >= 11 is 0. The van der Waals surface area contributed by atoms with Crippen LogP contribution in [-0.2, 0) is 17.7 Å². The van der Waals surface area contributed by atoms with Crippen molar-refractivity contribution < 1.29 is 9.53 Å². The van der Waals surface area contributed by atoms with Crippen molar-refractivity contribution in [3.8, 4) is 0 Å². The molecule has 1 aliphatic heterocycles. The van der Waals surface area contributed by atoms with Crippen LogP contribution in [0.4, 0.5) is 4.79 Å². The highest BCUT2D eigenvalue weighted by atomic mass is 16.6. The van der Waals surface area contributed by atoms with Crippen molar-refractivity contribution in [2.24, 2.45) is 0 Å². The SMILES string of the molecule is CC(C)n1[nH]c2c(c1=O)CN(C(=O)OC(C)(C)C)CC2. The molecule has 0 fully saturated rings. The number of hydrogen-bond acceptors (Lipinski definition) is 3. The molecule has 1 aliphatic rings. The molecule has 20 heavy (non-hydrogen) atoms. The summed E-state index contributed by atoms with van der Waals surface area (Å²) in [4.78, 5) is 25.9. The summed E-state index contributed by atoms with van der Waals surface area (Å²) in [6.45, 7) is 10.3. The van der Waals surface area contributed by atoms with Gasteiger partial charge in [0.05, 0.1) is 12.1 Å². The third-order valence-electron chi connectivity index (χ3n) is 3.25. The van der Waals surface area contributed by atoms with Crippen LogP contribution in [0.1, 0.15) is 51.9 Å². The van der Waals surface area contributed by atoms with Gasteiger partial charge >= 0.3 is 6.09 Å². The van der Waals surface area contributed by atoms with Crippen LogP contribution in [0.25, 0.3) is 0 Å². The minimum absolute atomic E-state index is 0.0386. The number of carbonyl (C=O) groups is 1. The molecule has 0 bridgehead atoms. The molecular weight excluding hydrogens is 258 g/mol. The molecule has 112 valence electrons. The first-order valence-electron chi connectivity index (χ1n) is 6.99. The fourth-order valence-electron chi connectivity index (χ4n) is 2.27. The molecule has 0 aromatic carbocycles. The molecule has 0 atom stereocenters. The third kappa shape index (κ3) is 2.89. The Morgan fingerprint density at radius 3 is 2.55 bits per heavy atom. The van der Waals surface area contributed by atoms with Crippen LogP contribution < -0.4 is 5.56 Å². The van der Waals surface area contributed by atoms with E-state index in [2.05, 4.69) is 5.10 Å². The van der Waals surface area contributed by atoms with Crippen molar-refractivity contribution in [1.82, 2.24) is 14.7 Å².